The molecule has 0 aliphatic carbocycles. The zero-order chi connectivity index (χ0) is 25.8. The highest BCUT2D eigenvalue weighted by Gasteiger charge is 2.39. The lowest BCUT2D eigenvalue weighted by Gasteiger charge is -2.29. The summed E-state index contributed by atoms with van der Waals surface area (Å²) in [6.07, 6.45) is -2.85. The Morgan fingerprint density at radius 1 is 1.11 bits per heavy atom. The second kappa shape index (κ2) is 11.9. The Hall–Kier alpha value is -1.87. The van der Waals surface area contributed by atoms with Crippen LogP contribution in [0.5, 0.6) is 0 Å². The largest absolute Gasteiger partial charge is 0.419 e. The molecule has 1 fully saturated rings. The normalized spacial score (nSPS) is 18.5. The van der Waals surface area contributed by atoms with Gasteiger partial charge in [0, 0.05) is 51.7 Å². The van der Waals surface area contributed by atoms with Crippen LogP contribution in [-0.4, -0.2) is 55.6 Å². The molecular formula is C25H28Cl2F4N2O2. The summed E-state index contributed by atoms with van der Waals surface area (Å²) in [5.74, 6) is -1.37. The number of benzene rings is 2. The fraction of sp³-hybridized carbons (Fsp3) is 0.480. The van der Waals surface area contributed by atoms with Crippen LogP contribution in [0.1, 0.15) is 41.9 Å². The van der Waals surface area contributed by atoms with Crippen LogP contribution in [0.2, 0.25) is 10.0 Å². The molecule has 2 aromatic rings. The molecule has 4 nitrogen and oxygen atoms in total. The van der Waals surface area contributed by atoms with Gasteiger partial charge in [0.2, 0.25) is 5.91 Å². The Bertz CT molecular complexity index is 1040. The number of nitrogens with zero attached hydrogens (tertiary/aromatic N) is 2. The molecule has 10 heteroatoms. The van der Waals surface area contributed by atoms with Crippen molar-refractivity contribution in [3.8, 4) is 0 Å². The lowest BCUT2D eigenvalue weighted by atomic mass is 9.93. The van der Waals surface area contributed by atoms with E-state index in [2.05, 4.69) is 0 Å². The fourth-order valence-corrected chi connectivity index (χ4v) is 4.79. The number of unbranched alkanes of at least 4 members (excludes halogenated alkanes) is 1. The highest BCUT2D eigenvalue weighted by molar-refractivity contribution is 6.42. The maximum absolute atomic E-state index is 14.1. The molecule has 2 aromatic carbocycles. The molecular weight excluding hydrogens is 507 g/mol. The molecule has 1 aliphatic heterocycles. The Morgan fingerprint density at radius 2 is 1.86 bits per heavy atom. The zero-order valence-corrected chi connectivity index (χ0v) is 21.1. The van der Waals surface area contributed by atoms with Crippen molar-refractivity contribution >= 4 is 29.1 Å². The van der Waals surface area contributed by atoms with E-state index in [0.717, 1.165) is 24.1 Å². The first-order valence-electron chi connectivity index (χ1n) is 11.3. The van der Waals surface area contributed by atoms with Crippen molar-refractivity contribution in [2.45, 2.75) is 43.9 Å². The number of halogens is 6. The number of hydrogen-bond acceptors (Lipinski definition) is 3. The number of likely N-dealkylation sites (N-methyl/N-ethyl adjacent to an activating group) is 1. The molecule has 1 heterocycles. The van der Waals surface area contributed by atoms with Gasteiger partial charge in [0.15, 0.2) is 0 Å². The molecule has 3 rings (SSSR count). The molecule has 0 aromatic heterocycles. The van der Waals surface area contributed by atoms with Crippen LogP contribution in [0.15, 0.2) is 36.4 Å². The van der Waals surface area contributed by atoms with Crippen molar-refractivity contribution in [2.24, 2.45) is 0 Å². The van der Waals surface area contributed by atoms with Crippen molar-refractivity contribution in [3.05, 3.63) is 69.0 Å². The smallest absolute Gasteiger partial charge is 0.385 e. The minimum Gasteiger partial charge on any atom is -0.385 e. The molecule has 0 radical (unpaired) electrons. The first kappa shape index (κ1) is 27.7. The quantitative estimate of drug-likeness (QED) is 0.276. The average Bonchev–Trinajstić information content (AvgIpc) is 3.23. The molecule has 0 bridgehead atoms. The van der Waals surface area contributed by atoms with Crippen LogP contribution >= 0.6 is 23.2 Å². The SMILES string of the molecule is COCCCCC(=O)N1CC(c2ccc(Cl)c(Cl)c2)C(N(C)Cc2ccc(C(F)(F)F)c(F)c2)C1. The van der Waals surface area contributed by atoms with Crippen LogP contribution in [0.3, 0.4) is 0 Å². The van der Waals surface area contributed by atoms with E-state index in [9.17, 15) is 22.4 Å². The molecule has 192 valence electrons. The monoisotopic (exact) mass is 534 g/mol. The summed E-state index contributed by atoms with van der Waals surface area (Å²) >= 11 is 12.3. The lowest BCUT2D eigenvalue weighted by molar-refractivity contribution is -0.140. The zero-order valence-electron chi connectivity index (χ0n) is 19.5. The first-order chi connectivity index (χ1) is 16.5. The Kier molecular flexibility index (Phi) is 9.43. The fourth-order valence-electron chi connectivity index (χ4n) is 4.48. The second-order valence-electron chi connectivity index (χ2n) is 8.82. The molecule has 2 unspecified atom stereocenters. The number of likely N-dealkylation sites (tertiary alicyclic amines) is 1. The summed E-state index contributed by atoms with van der Waals surface area (Å²) in [6, 6.07) is 8.16. The van der Waals surface area contributed by atoms with E-state index in [0.29, 0.717) is 48.1 Å². The number of hydrogen-bond donors (Lipinski definition) is 0. The van der Waals surface area contributed by atoms with Crippen molar-refractivity contribution < 1.29 is 27.1 Å². The van der Waals surface area contributed by atoms with Crippen molar-refractivity contribution in [3.63, 3.8) is 0 Å². The molecule has 0 N–H and O–H groups in total. The van der Waals surface area contributed by atoms with Gasteiger partial charge in [-0.15, -0.1) is 0 Å². The van der Waals surface area contributed by atoms with Gasteiger partial charge in [0.05, 0.1) is 15.6 Å². The molecule has 1 amide bonds. The van der Waals surface area contributed by atoms with E-state index in [1.165, 1.54) is 6.07 Å². The van der Waals surface area contributed by atoms with E-state index in [1.54, 1.807) is 24.1 Å². The van der Waals surface area contributed by atoms with E-state index < -0.39 is 17.6 Å². The van der Waals surface area contributed by atoms with E-state index in [4.69, 9.17) is 27.9 Å². The molecule has 0 saturated carbocycles. The maximum atomic E-state index is 14.1. The number of alkyl halides is 3. The van der Waals surface area contributed by atoms with E-state index in [1.807, 2.05) is 18.0 Å². The third-order valence-corrected chi connectivity index (χ3v) is 7.08. The topological polar surface area (TPSA) is 32.8 Å². The predicted molar refractivity (Wildman–Crippen MR) is 128 cm³/mol. The standard InChI is InChI=1S/C25H28Cl2F4N2O2/c1-32(13-16-6-8-19(22(28)11-16)25(29,30)31)23-15-33(24(34)5-3-4-10-35-2)14-18(23)17-7-9-20(26)21(27)12-17/h6-9,11-12,18,23H,3-5,10,13-15H2,1-2H3. The number of amides is 1. The summed E-state index contributed by atoms with van der Waals surface area (Å²) in [5, 5.41) is 0.823. The average molecular weight is 535 g/mol. The number of ether oxygens (including phenoxy) is 1. The van der Waals surface area contributed by atoms with Gasteiger partial charge in [-0.1, -0.05) is 35.3 Å². The molecule has 35 heavy (non-hydrogen) atoms. The first-order valence-corrected chi connectivity index (χ1v) is 12.0. The minimum absolute atomic E-state index is 0.0302. The Labute approximate surface area is 212 Å². The van der Waals surface area contributed by atoms with Gasteiger partial charge in [-0.05, 0) is 55.3 Å². The van der Waals surface area contributed by atoms with Crippen molar-refractivity contribution in [1.29, 1.82) is 0 Å². The highest BCUT2D eigenvalue weighted by atomic mass is 35.5. The van der Waals surface area contributed by atoms with Crippen molar-refractivity contribution in [2.75, 3.05) is 33.9 Å². The van der Waals surface area contributed by atoms with Crippen LogP contribution in [0.25, 0.3) is 0 Å². The molecule has 0 spiro atoms. The van der Waals surface area contributed by atoms with Gasteiger partial charge in [-0.2, -0.15) is 13.2 Å². The van der Waals surface area contributed by atoms with E-state index in [-0.39, 0.29) is 24.4 Å². The minimum atomic E-state index is -4.75. The van der Waals surface area contributed by atoms with Gasteiger partial charge in [0.25, 0.3) is 0 Å². The van der Waals surface area contributed by atoms with Gasteiger partial charge < -0.3 is 9.64 Å². The summed E-state index contributed by atoms with van der Waals surface area (Å²) in [4.78, 5) is 16.6. The molecule has 1 aliphatic rings. The maximum Gasteiger partial charge on any atom is 0.419 e. The van der Waals surface area contributed by atoms with Gasteiger partial charge in [-0.25, -0.2) is 4.39 Å². The summed E-state index contributed by atoms with van der Waals surface area (Å²) in [5.41, 5.74) is 0.0310. The summed E-state index contributed by atoms with van der Waals surface area (Å²) in [7, 11) is 3.43. The number of rotatable bonds is 9. The Balaban J connectivity index is 1.79. The molecule has 1 saturated heterocycles. The number of methoxy groups -OCH3 is 1. The van der Waals surface area contributed by atoms with Gasteiger partial charge in [0.1, 0.15) is 5.82 Å². The molecule has 2 atom stereocenters. The van der Waals surface area contributed by atoms with Crippen molar-refractivity contribution in [1.82, 2.24) is 9.80 Å². The summed E-state index contributed by atoms with van der Waals surface area (Å²) < 4.78 is 57.9. The van der Waals surface area contributed by atoms with Gasteiger partial charge in [-0.3, -0.25) is 9.69 Å². The van der Waals surface area contributed by atoms with Crippen LogP contribution in [-0.2, 0) is 22.3 Å². The Morgan fingerprint density at radius 3 is 2.49 bits per heavy atom. The number of carbonyl (C=O) groups excluding carboxylic acids is 1. The highest BCUT2D eigenvalue weighted by Crippen LogP contribution is 2.36. The van der Waals surface area contributed by atoms with Crippen LogP contribution in [0, 0.1) is 5.82 Å². The second-order valence-corrected chi connectivity index (χ2v) is 9.64. The lowest BCUT2D eigenvalue weighted by Crippen LogP contribution is -2.38. The predicted octanol–water partition coefficient (Wildman–Crippen LogP) is 6.39. The summed E-state index contributed by atoms with van der Waals surface area (Å²) in [6.45, 7) is 1.72. The van der Waals surface area contributed by atoms with E-state index >= 15 is 0 Å². The van der Waals surface area contributed by atoms with Gasteiger partial charge >= 0.3 is 6.18 Å². The van der Waals surface area contributed by atoms with Crippen LogP contribution in [0.4, 0.5) is 17.6 Å². The van der Waals surface area contributed by atoms with Crippen LogP contribution < -0.4 is 0 Å². The number of carbonyl (C=O) groups is 1. The third kappa shape index (κ3) is 7.09. The third-order valence-electron chi connectivity index (χ3n) is 6.34.